The van der Waals surface area contributed by atoms with E-state index in [1.807, 2.05) is 6.92 Å². The lowest BCUT2D eigenvalue weighted by atomic mass is 10.0. The SMILES string of the molecule is CCN1CCN(C(=O)CCCS(N)(=O)=O)[C@H]2CS(=O)(=O)C[C@H]21. The lowest BCUT2D eigenvalue weighted by Gasteiger charge is -2.43. The maximum Gasteiger partial charge on any atom is 0.222 e. The summed E-state index contributed by atoms with van der Waals surface area (Å²) in [6.07, 6.45) is 0.238. The molecule has 0 spiro atoms. The standard InChI is InChI=1S/C12H23N3O5S2/c1-2-14-5-6-15(11-9-21(17,18)8-10(11)14)12(16)4-3-7-22(13,19)20/h10-11H,2-9H2,1H3,(H2,13,19,20)/t10-,11+/m1/s1. The number of nitrogens with zero attached hydrogens (tertiary/aromatic N) is 2. The first-order chi connectivity index (χ1) is 10.1. The highest BCUT2D eigenvalue weighted by Crippen LogP contribution is 2.27. The summed E-state index contributed by atoms with van der Waals surface area (Å²) >= 11 is 0. The number of hydrogen-bond acceptors (Lipinski definition) is 6. The summed E-state index contributed by atoms with van der Waals surface area (Å²) in [6, 6.07) is -0.466. The Hall–Kier alpha value is -0.710. The molecule has 0 bridgehead atoms. The van der Waals surface area contributed by atoms with Gasteiger partial charge in [-0.2, -0.15) is 0 Å². The summed E-state index contributed by atoms with van der Waals surface area (Å²) in [7, 11) is -6.71. The van der Waals surface area contributed by atoms with Crippen LogP contribution in [0.25, 0.3) is 0 Å². The molecule has 2 N–H and O–H groups in total. The number of sulfone groups is 1. The Kier molecular flexibility index (Phi) is 5.15. The van der Waals surface area contributed by atoms with Gasteiger partial charge in [-0.1, -0.05) is 6.92 Å². The van der Waals surface area contributed by atoms with E-state index in [9.17, 15) is 21.6 Å². The van der Waals surface area contributed by atoms with Crippen LogP contribution in [-0.4, -0.2) is 81.5 Å². The number of carbonyl (C=O) groups excluding carboxylic acids is 1. The van der Waals surface area contributed by atoms with Crippen LogP contribution in [0.15, 0.2) is 0 Å². The van der Waals surface area contributed by atoms with Crippen LogP contribution in [0.4, 0.5) is 0 Å². The maximum absolute atomic E-state index is 12.3. The van der Waals surface area contributed by atoms with Crippen LogP contribution in [-0.2, 0) is 24.7 Å². The first-order valence-electron chi connectivity index (χ1n) is 7.37. The summed E-state index contributed by atoms with van der Waals surface area (Å²) in [4.78, 5) is 16.0. The Morgan fingerprint density at radius 1 is 1.23 bits per heavy atom. The molecule has 2 aliphatic heterocycles. The second-order valence-electron chi connectivity index (χ2n) is 5.90. The van der Waals surface area contributed by atoms with E-state index in [0.29, 0.717) is 13.1 Å². The third-order valence-corrected chi connectivity index (χ3v) is 6.89. The molecule has 2 atom stereocenters. The minimum absolute atomic E-state index is 0.00487. The number of nitrogens with two attached hydrogens (primary N) is 1. The zero-order valence-corrected chi connectivity index (χ0v) is 14.3. The van der Waals surface area contributed by atoms with Crippen LogP contribution in [0, 0.1) is 0 Å². The molecule has 0 radical (unpaired) electrons. The molecule has 0 aliphatic carbocycles. The van der Waals surface area contributed by atoms with Crippen molar-refractivity contribution in [1.82, 2.24) is 9.80 Å². The molecule has 0 aromatic rings. The molecule has 0 aromatic carbocycles. The molecule has 128 valence electrons. The Morgan fingerprint density at radius 2 is 1.86 bits per heavy atom. The van der Waals surface area contributed by atoms with E-state index < -0.39 is 19.9 Å². The Labute approximate surface area is 131 Å². The molecule has 0 aromatic heterocycles. The zero-order chi connectivity index (χ0) is 16.5. The van der Waals surface area contributed by atoms with Crippen molar-refractivity contribution in [2.45, 2.75) is 31.8 Å². The van der Waals surface area contributed by atoms with Gasteiger partial charge in [-0.15, -0.1) is 0 Å². The molecule has 22 heavy (non-hydrogen) atoms. The second kappa shape index (κ2) is 6.42. The number of hydrogen-bond donors (Lipinski definition) is 1. The Morgan fingerprint density at radius 3 is 2.45 bits per heavy atom. The topological polar surface area (TPSA) is 118 Å². The smallest absolute Gasteiger partial charge is 0.222 e. The van der Waals surface area contributed by atoms with E-state index >= 15 is 0 Å². The quantitative estimate of drug-likeness (QED) is 0.635. The number of amides is 1. The van der Waals surface area contributed by atoms with E-state index in [2.05, 4.69) is 4.90 Å². The van der Waals surface area contributed by atoms with E-state index in [0.717, 1.165) is 6.54 Å². The van der Waals surface area contributed by atoms with E-state index in [1.54, 1.807) is 4.90 Å². The Bertz CT molecular complexity index is 631. The van der Waals surface area contributed by atoms with E-state index in [-0.39, 0.29) is 48.1 Å². The number of primary sulfonamides is 1. The number of sulfonamides is 1. The second-order valence-corrected chi connectivity index (χ2v) is 9.79. The fraction of sp³-hybridized carbons (Fsp3) is 0.917. The van der Waals surface area contributed by atoms with Crippen molar-refractivity contribution in [2.75, 3.05) is 36.9 Å². The number of piperazine rings is 1. The molecule has 1 amide bonds. The maximum atomic E-state index is 12.3. The number of carbonyl (C=O) groups is 1. The van der Waals surface area contributed by atoms with Crippen LogP contribution in [0.1, 0.15) is 19.8 Å². The van der Waals surface area contributed by atoms with Crippen LogP contribution >= 0.6 is 0 Å². The third-order valence-electron chi connectivity index (χ3n) is 4.34. The van der Waals surface area contributed by atoms with Crippen molar-refractivity contribution < 1.29 is 21.6 Å². The third kappa shape index (κ3) is 4.18. The van der Waals surface area contributed by atoms with Crippen LogP contribution in [0.2, 0.25) is 0 Å². The molecule has 2 rings (SSSR count). The van der Waals surface area contributed by atoms with Gasteiger partial charge in [0.05, 0.1) is 23.3 Å². The normalized spacial score (nSPS) is 28.5. The van der Waals surface area contributed by atoms with Crippen molar-refractivity contribution in [2.24, 2.45) is 5.14 Å². The van der Waals surface area contributed by atoms with Gasteiger partial charge in [0.2, 0.25) is 15.9 Å². The van der Waals surface area contributed by atoms with Gasteiger partial charge in [-0.05, 0) is 13.0 Å². The van der Waals surface area contributed by atoms with Gasteiger partial charge in [-0.25, -0.2) is 22.0 Å². The van der Waals surface area contributed by atoms with Crippen LogP contribution in [0.3, 0.4) is 0 Å². The minimum Gasteiger partial charge on any atom is -0.336 e. The van der Waals surface area contributed by atoms with E-state index in [1.165, 1.54) is 0 Å². The van der Waals surface area contributed by atoms with E-state index in [4.69, 9.17) is 5.14 Å². The summed E-state index contributed by atoms with van der Waals surface area (Å²) in [5.41, 5.74) is 0. The van der Waals surface area contributed by atoms with Crippen LogP contribution in [0.5, 0.6) is 0 Å². The highest BCUT2D eigenvalue weighted by Gasteiger charge is 2.47. The van der Waals surface area contributed by atoms with Crippen molar-refractivity contribution in [1.29, 1.82) is 0 Å². The van der Waals surface area contributed by atoms with Gasteiger partial charge >= 0.3 is 0 Å². The fourth-order valence-corrected chi connectivity index (χ4v) is 5.85. The highest BCUT2D eigenvalue weighted by atomic mass is 32.2. The minimum atomic E-state index is -3.57. The number of rotatable bonds is 5. The average molecular weight is 353 g/mol. The molecule has 8 nitrogen and oxygen atoms in total. The first-order valence-corrected chi connectivity index (χ1v) is 10.9. The van der Waals surface area contributed by atoms with Gasteiger partial charge in [0.25, 0.3) is 0 Å². The monoisotopic (exact) mass is 353 g/mol. The van der Waals surface area contributed by atoms with Gasteiger partial charge < -0.3 is 4.90 Å². The molecule has 0 saturated carbocycles. The zero-order valence-electron chi connectivity index (χ0n) is 12.6. The van der Waals surface area contributed by atoms with Crippen molar-refractivity contribution >= 4 is 25.8 Å². The molecule has 2 heterocycles. The van der Waals surface area contributed by atoms with Gasteiger partial charge in [0, 0.05) is 25.6 Å². The summed E-state index contributed by atoms with van der Waals surface area (Å²) in [6.45, 7) is 3.86. The fourth-order valence-electron chi connectivity index (χ4n) is 3.30. The number of fused-ring (bicyclic) bond motifs is 1. The van der Waals surface area contributed by atoms with Crippen LogP contribution < -0.4 is 5.14 Å². The predicted molar refractivity (Wildman–Crippen MR) is 82.4 cm³/mol. The van der Waals surface area contributed by atoms with Gasteiger partial charge in [-0.3, -0.25) is 9.69 Å². The average Bonchev–Trinajstić information content (AvgIpc) is 2.70. The first kappa shape index (κ1) is 17.6. The molecular weight excluding hydrogens is 330 g/mol. The lowest BCUT2D eigenvalue weighted by Crippen LogP contribution is -2.60. The molecule has 2 fully saturated rings. The van der Waals surface area contributed by atoms with Crippen molar-refractivity contribution in [3.63, 3.8) is 0 Å². The van der Waals surface area contributed by atoms with Gasteiger partial charge in [0.1, 0.15) is 0 Å². The van der Waals surface area contributed by atoms with Crippen molar-refractivity contribution in [3.8, 4) is 0 Å². The highest BCUT2D eigenvalue weighted by molar-refractivity contribution is 7.91. The predicted octanol–water partition coefficient (Wildman–Crippen LogP) is -1.62. The van der Waals surface area contributed by atoms with Gasteiger partial charge in [0.15, 0.2) is 9.84 Å². The Balaban J connectivity index is 2.03. The molecule has 2 saturated heterocycles. The summed E-state index contributed by atoms with van der Waals surface area (Å²) < 4.78 is 45.6. The lowest BCUT2D eigenvalue weighted by molar-refractivity contribution is -0.136. The largest absolute Gasteiger partial charge is 0.336 e. The van der Waals surface area contributed by atoms with Crippen molar-refractivity contribution in [3.05, 3.63) is 0 Å². The summed E-state index contributed by atoms with van der Waals surface area (Å²) in [5, 5.41) is 4.92. The molecule has 2 aliphatic rings. The molecule has 10 heteroatoms. The molecular formula is C12H23N3O5S2. The number of likely N-dealkylation sites (N-methyl/N-ethyl adjacent to an activating group) is 1. The summed E-state index contributed by atoms with van der Waals surface area (Å²) in [5.74, 6) is -0.340. The molecule has 0 unspecified atom stereocenters.